The van der Waals surface area contributed by atoms with Gasteiger partial charge < -0.3 is 10.4 Å². The minimum atomic E-state index is -0.942. The predicted octanol–water partition coefficient (Wildman–Crippen LogP) is 4.93. The Morgan fingerprint density at radius 2 is 1.57 bits per heavy atom. The summed E-state index contributed by atoms with van der Waals surface area (Å²) >= 11 is 1.60. The quantitative estimate of drug-likeness (QED) is 0.298. The SMILES string of the molecule is CC(=O)[C@H](CSC/C=C(\C)CC/C=C(\C)CCC=C(C)C)NC(=O)[C@H]1C[C@H]1C(=O)O. The van der Waals surface area contributed by atoms with Crippen molar-refractivity contribution in [1.82, 2.24) is 5.32 Å². The topological polar surface area (TPSA) is 83.5 Å². The van der Waals surface area contributed by atoms with Crippen molar-refractivity contribution in [2.75, 3.05) is 11.5 Å². The third kappa shape index (κ3) is 10.8. The Hall–Kier alpha value is -1.82. The third-order valence-electron chi connectivity index (χ3n) is 5.21. The highest BCUT2D eigenvalue weighted by atomic mass is 32.2. The zero-order chi connectivity index (χ0) is 22.7. The van der Waals surface area contributed by atoms with E-state index in [2.05, 4.69) is 51.2 Å². The van der Waals surface area contributed by atoms with Crippen LogP contribution in [-0.2, 0) is 14.4 Å². The Morgan fingerprint density at radius 1 is 0.967 bits per heavy atom. The van der Waals surface area contributed by atoms with Crippen LogP contribution in [0, 0.1) is 11.8 Å². The number of carboxylic acids is 1. The average Bonchev–Trinajstić information content (AvgIpc) is 3.44. The van der Waals surface area contributed by atoms with Gasteiger partial charge in [0.15, 0.2) is 5.78 Å². The minimum Gasteiger partial charge on any atom is -0.481 e. The first-order valence-corrected chi connectivity index (χ1v) is 11.8. The van der Waals surface area contributed by atoms with Gasteiger partial charge in [0.25, 0.3) is 0 Å². The number of carbonyl (C=O) groups excluding carboxylic acids is 2. The zero-order valence-corrected chi connectivity index (χ0v) is 19.8. The van der Waals surface area contributed by atoms with Gasteiger partial charge in [-0.25, -0.2) is 0 Å². The van der Waals surface area contributed by atoms with Crippen LogP contribution >= 0.6 is 11.8 Å². The number of rotatable bonds is 14. The van der Waals surface area contributed by atoms with Crippen LogP contribution in [0.4, 0.5) is 0 Å². The molecule has 0 heterocycles. The first-order chi connectivity index (χ1) is 14.1. The van der Waals surface area contributed by atoms with E-state index in [0.29, 0.717) is 12.2 Å². The number of Topliss-reactive ketones (excluding diaryl/α,β-unsaturated/α-hetero) is 1. The molecule has 1 aliphatic carbocycles. The van der Waals surface area contributed by atoms with E-state index in [0.717, 1.165) is 31.4 Å². The molecule has 0 unspecified atom stereocenters. The molecule has 3 atom stereocenters. The normalized spacial score (nSPS) is 19.8. The van der Waals surface area contributed by atoms with E-state index in [4.69, 9.17) is 5.11 Å². The lowest BCUT2D eigenvalue weighted by Gasteiger charge is -2.15. The Morgan fingerprint density at radius 3 is 2.10 bits per heavy atom. The highest BCUT2D eigenvalue weighted by molar-refractivity contribution is 7.99. The molecule has 1 aliphatic rings. The van der Waals surface area contributed by atoms with E-state index in [1.165, 1.54) is 23.6 Å². The number of thioether (sulfide) groups is 1. The molecule has 2 N–H and O–H groups in total. The molecule has 0 aromatic rings. The Balaban J connectivity index is 2.30. The average molecular weight is 436 g/mol. The molecule has 5 nitrogen and oxygen atoms in total. The molecular weight excluding hydrogens is 398 g/mol. The van der Waals surface area contributed by atoms with E-state index in [1.807, 2.05) is 0 Å². The van der Waals surface area contributed by atoms with Gasteiger partial charge in [0.1, 0.15) is 0 Å². The van der Waals surface area contributed by atoms with Crippen LogP contribution in [0.25, 0.3) is 0 Å². The number of aliphatic carboxylic acids is 1. The smallest absolute Gasteiger partial charge is 0.307 e. The lowest BCUT2D eigenvalue weighted by Crippen LogP contribution is -2.42. The van der Waals surface area contributed by atoms with Gasteiger partial charge in [0.2, 0.25) is 5.91 Å². The highest BCUT2D eigenvalue weighted by Gasteiger charge is 2.48. The van der Waals surface area contributed by atoms with Crippen molar-refractivity contribution < 1.29 is 19.5 Å². The fourth-order valence-corrected chi connectivity index (χ4v) is 4.12. The summed E-state index contributed by atoms with van der Waals surface area (Å²) in [4.78, 5) is 34.8. The second kappa shape index (κ2) is 13.5. The Kier molecular flexibility index (Phi) is 11.8. The van der Waals surface area contributed by atoms with Crippen molar-refractivity contribution in [3.63, 3.8) is 0 Å². The first kappa shape index (κ1) is 26.2. The fraction of sp³-hybridized carbons (Fsp3) is 0.625. The van der Waals surface area contributed by atoms with Crippen LogP contribution in [-0.4, -0.2) is 40.3 Å². The van der Waals surface area contributed by atoms with Crippen LogP contribution < -0.4 is 5.32 Å². The van der Waals surface area contributed by atoms with Crippen molar-refractivity contribution in [3.05, 3.63) is 34.9 Å². The molecule has 30 heavy (non-hydrogen) atoms. The molecular formula is C24H37NO4S. The van der Waals surface area contributed by atoms with Crippen molar-refractivity contribution in [2.45, 2.75) is 72.8 Å². The number of allylic oxidation sites excluding steroid dienone is 5. The molecule has 1 saturated carbocycles. The second-order valence-electron chi connectivity index (χ2n) is 8.46. The van der Waals surface area contributed by atoms with Crippen molar-refractivity contribution in [1.29, 1.82) is 0 Å². The first-order valence-electron chi connectivity index (χ1n) is 10.7. The molecule has 6 heteroatoms. The van der Waals surface area contributed by atoms with Gasteiger partial charge in [-0.3, -0.25) is 14.4 Å². The maximum absolute atomic E-state index is 12.1. The molecule has 0 aromatic carbocycles. The van der Waals surface area contributed by atoms with Crippen molar-refractivity contribution >= 4 is 29.4 Å². The Labute approximate surface area is 185 Å². The summed E-state index contributed by atoms with van der Waals surface area (Å²) in [6, 6.07) is -0.558. The van der Waals surface area contributed by atoms with Crippen LogP contribution in [0.15, 0.2) is 34.9 Å². The second-order valence-corrected chi connectivity index (χ2v) is 9.53. The van der Waals surface area contributed by atoms with Crippen LogP contribution in [0.3, 0.4) is 0 Å². The summed E-state index contributed by atoms with van der Waals surface area (Å²) in [7, 11) is 0. The molecule has 168 valence electrons. The van der Waals surface area contributed by atoms with Gasteiger partial charge in [-0.2, -0.15) is 11.8 Å². The van der Waals surface area contributed by atoms with Crippen LogP contribution in [0.2, 0.25) is 0 Å². The number of carbonyl (C=O) groups is 3. The van der Waals surface area contributed by atoms with E-state index >= 15 is 0 Å². The molecule has 0 aromatic heterocycles. The number of hydrogen-bond acceptors (Lipinski definition) is 4. The number of amides is 1. The number of ketones is 1. The van der Waals surface area contributed by atoms with Crippen molar-refractivity contribution in [3.8, 4) is 0 Å². The summed E-state index contributed by atoms with van der Waals surface area (Å²) in [6.07, 6.45) is 11.4. The maximum Gasteiger partial charge on any atom is 0.307 e. The number of carboxylic acid groups (broad SMARTS) is 1. The zero-order valence-electron chi connectivity index (χ0n) is 19.0. The van der Waals surface area contributed by atoms with Gasteiger partial charge >= 0.3 is 5.97 Å². The third-order valence-corrected chi connectivity index (χ3v) is 6.18. The summed E-state index contributed by atoms with van der Waals surface area (Å²) < 4.78 is 0. The van der Waals surface area contributed by atoms with Crippen LogP contribution in [0.5, 0.6) is 0 Å². The van der Waals surface area contributed by atoms with E-state index < -0.39 is 23.8 Å². The molecule has 0 spiro atoms. The molecule has 0 saturated heterocycles. The molecule has 1 amide bonds. The van der Waals surface area contributed by atoms with Gasteiger partial charge in [-0.05, 0) is 66.7 Å². The van der Waals surface area contributed by atoms with Gasteiger partial charge in [0, 0.05) is 11.5 Å². The standard InChI is InChI=1S/C24H37NO4S/c1-16(2)8-6-9-17(3)10-7-11-18(4)12-13-30-15-22(19(5)26)25-23(27)20-14-21(20)24(28)29/h8,10,12,20-22H,6-7,9,11,13-15H2,1-5H3,(H,25,27)(H,28,29)/b17-10+,18-12+/t20-,21+,22-/m0/s1. The summed E-state index contributed by atoms with van der Waals surface area (Å²) in [5.74, 6) is -1.16. The van der Waals surface area contributed by atoms with Gasteiger partial charge in [-0.15, -0.1) is 0 Å². The van der Waals surface area contributed by atoms with Gasteiger partial charge in [0.05, 0.1) is 17.9 Å². The lowest BCUT2D eigenvalue weighted by molar-refractivity contribution is -0.140. The van der Waals surface area contributed by atoms with Crippen molar-refractivity contribution in [2.24, 2.45) is 11.8 Å². The number of nitrogens with one attached hydrogen (secondary N) is 1. The molecule has 1 rings (SSSR count). The summed E-state index contributed by atoms with van der Waals surface area (Å²) in [5, 5.41) is 11.6. The van der Waals surface area contributed by atoms with Gasteiger partial charge in [-0.1, -0.05) is 34.9 Å². The predicted molar refractivity (Wildman–Crippen MR) is 125 cm³/mol. The summed E-state index contributed by atoms with van der Waals surface area (Å²) in [6.45, 7) is 10.0. The number of hydrogen-bond donors (Lipinski definition) is 2. The van der Waals surface area contributed by atoms with E-state index in [9.17, 15) is 14.4 Å². The lowest BCUT2D eigenvalue weighted by atomic mass is 10.1. The van der Waals surface area contributed by atoms with E-state index in [1.54, 1.807) is 11.8 Å². The maximum atomic E-state index is 12.1. The minimum absolute atomic E-state index is 0.0993. The molecule has 0 aliphatic heterocycles. The van der Waals surface area contributed by atoms with E-state index in [-0.39, 0.29) is 11.7 Å². The fourth-order valence-electron chi connectivity index (χ4n) is 3.02. The summed E-state index contributed by atoms with van der Waals surface area (Å²) in [5.41, 5.74) is 4.11. The largest absolute Gasteiger partial charge is 0.481 e. The molecule has 0 bridgehead atoms. The van der Waals surface area contributed by atoms with Crippen LogP contribution in [0.1, 0.15) is 66.7 Å². The Bertz CT molecular complexity index is 704. The monoisotopic (exact) mass is 435 g/mol. The molecule has 1 fully saturated rings. The molecule has 0 radical (unpaired) electrons. The highest BCUT2D eigenvalue weighted by Crippen LogP contribution is 2.38.